The van der Waals surface area contributed by atoms with Crippen molar-refractivity contribution in [2.45, 2.75) is 13.8 Å². The number of hydrazone groups is 1. The maximum atomic E-state index is 12.2. The first kappa shape index (κ1) is 25.7. The van der Waals surface area contributed by atoms with Crippen LogP contribution in [-0.2, 0) is 14.4 Å². The van der Waals surface area contributed by atoms with E-state index in [0.29, 0.717) is 11.3 Å². The van der Waals surface area contributed by atoms with Gasteiger partial charge >= 0.3 is 11.8 Å². The highest BCUT2D eigenvalue weighted by Gasteiger charge is 2.15. The van der Waals surface area contributed by atoms with Crippen LogP contribution in [0.1, 0.15) is 16.7 Å². The second kappa shape index (κ2) is 12.0. The van der Waals surface area contributed by atoms with E-state index < -0.39 is 11.8 Å². The Kier molecular flexibility index (Phi) is 8.83. The topological polar surface area (TPSA) is 109 Å². The number of hydrogen-bond donors (Lipinski definition) is 3. The number of nitrogens with one attached hydrogen (secondary N) is 3. The molecule has 35 heavy (non-hydrogen) atoms. The monoisotopic (exact) mass is 512 g/mol. The molecule has 0 aliphatic carbocycles. The molecule has 8 nitrogen and oxygen atoms in total. The van der Waals surface area contributed by atoms with Gasteiger partial charge in [0.05, 0.1) is 21.9 Å². The largest absolute Gasteiger partial charge is 0.484 e. The molecule has 3 N–H and O–H groups in total. The predicted molar refractivity (Wildman–Crippen MR) is 137 cm³/mol. The summed E-state index contributed by atoms with van der Waals surface area (Å²) in [7, 11) is 0. The summed E-state index contributed by atoms with van der Waals surface area (Å²) in [5.74, 6) is -1.71. The molecular formula is C25H22Cl2N4O4. The van der Waals surface area contributed by atoms with Crippen LogP contribution < -0.4 is 20.8 Å². The molecule has 10 heteroatoms. The summed E-state index contributed by atoms with van der Waals surface area (Å²) >= 11 is 11.9. The lowest BCUT2D eigenvalue weighted by molar-refractivity contribution is -0.136. The molecule has 0 unspecified atom stereocenters. The minimum atomic E-state index is -0.979. The molecule has 0 atom stereocenters. The Bertz CT molecular complexity index is 1260. The third-order valence-corrected chi connectivity index (χ3v) is 5.60. The number of aryl methyl sites for hydroxylation is 2. The Labute approximate surface area is 212 Å². The summed E-state index contributed by atoms with van der Waals surface area (Å²) in [6.45, 7) is 3.70. The van der Waals surface area contributed by atoms with Crippen molar-refractivity contribution in [3.05, 3.63) is 87.4 Å². The summed E-state index contributed by atoms with van der Waals surface area (Å²) in [6.07, 6.45) is 1.36. The Balaban J connectivity index is 1.46. The lowest BCUT2D eigenvalue weighted by atomic mass is 10.1. The molecule has 0 bridgehead atoms. The Hall–Kier alpha value is -3.88. The summed E-state index contributed by atoms with van der Waals surface area (Å²) in [6, 6.07) is 17.1. The predicted octanol–water partition coefficient (Wildman–Crippen LogP) is 4.72. The van der Waals surface area contributed by atoms with Gasteiger partial charge in [0.15, 0.2) is 6.61 Å². The molecule has 3 aromatic carbocycles. The molecule has 0 saturated heterocycles. The van der Waals surface area contributed by atoms with Crippen molar-refractivity contribution in [3.8, 4) is 5.75 Å². The smallest absolute Gasteiger partial charge is 0.329 e. The Morgan fingerprint density at radius 1 is 0.886 bits per heavy atom. The number of amides is 3. The molecular weight excluding hydrogens is 491 g/mol. The van der Waals surface area contributed by atoms with Crippen LogP contribution in [-0.4, -0.2) is 30.5 Å². The van der Waals surface area contributed by atoms with Gasteiger partial charge in [-0.1, -0.05) is 47.5 Å². The van der Waals surface area contributed by atoms with Gasteiger partial charge in [-0.05, 0) is 66.9 Å². The lowest BCUT2D eigenvalue weighted by Crippen LogP contribution is -2.32. The van der Waals surface area contributed by atoms with Crippen LogP contribution in [0.5, 0.6) is 5.75 Å². The normalized spacial score (nSPS) is 10.6. The number of halogens is 2. The van der Waals surface area contributed by atoms with Gasteiger partial charge < -0.3 is 15.4 Å². The van der Waals surface area contributed by atoms with Crippen molar-refractivity contribution in [1.82, 2.24) is 5.43 Å². The van der Waals surface area contributed by atoms with Crippen molar-refractivity contribution in [2.24, 2.45) is 5.10 Å². The second-order valence-corrected chi connectivity index (χ2v) is 8.21. The maximum absolute atomic E-state index is 12.2. The van der Waals surface area contributed by atoms with Gasteiger partial charge in [-0.15, -0.1) is 0 Å². The average Bonchev–Trinajstić information content (AvgIpc) is 2.83. The molecule has 0 radical (unpaired) electrons. The molecule has 3 rings (SSSR count). The number of nitrogens with zero attached hydrogens (tertiary/aromatic N) is 1. The van der Waals surface area contributed by atoms with Gasteiger partial charge in [0.1, 0.15) is 5.75 Å². The van der Waals surface area contributed by atoms with Gasteiger partial charge in [-0.2, -0.15) is 5.10 Å². The SMILES string of the molecule is Cc1cccc(C)c1NC(=O)COc1ccc(/C=N\NC(=O)C(=O)Nc2cccc(Cl)c2Cl)cc1. The molecule has 3 aromatic rings. The van der Waals surface area contributed by atoms with Gasteiger partial charge in [0, 0.05) is 5.69 Å². The first-order valence-electron chi connectivity index (χ1n) is 10.4. The van der Waals surface area contributed by atoms with Crippen molar-refractivity contribution >= 4 is 58.5 Å². The van der Waals surface area contributed by atoms with E-state index in [4.69, 9.17) is 27.9 Å². The molecule has 0 heterocycles. The van der Waals surface area contributed by atoms with E-state index in [2.05, 4.69) is 21.2 Å². The minimum Gasteiger partial charge on any atom is -0.484 e. The molecule has 0 aliphatic rings. The van der Waals surface area contributed by atoms with E-state index in [1.165, 1.54) is 12.3 Å². The van der Waals surface area contributed by atoms with Gasteiger partial charge in [-0.25, -0.2) is 5.43 Å². The van der Waals surface area contributed by atoms with Crippen LogP contribution >= 0.6 is 23.2 Å². The van der Waals surface area contributed by atoms with Gasteiger partial charge in [0.2, 0.25) is 0 Å². The number of anilines is 2. The van der Waals surface area contributed by atoms with Crippen molar-refractivity contribution < 1.29 is 19.1 Å². The minimum absolute atomic E-state index is 0.129. The molecule has 0 fully saturated rings. The van der Waals surface area contributed by atoms with E-state index in [1.54, 1.807) is 36.4 Å². The fourth-order valence-corrected chi connectivity index (χ4v) is 3.33. The third-order valence-electron chi connectivity index (χ3n) is 4.78. The second-order valence-electron chi connectivity index (χ2n) is 7.43. The first-order valence-corrected chi connectivity index (χ1v) is 11.2. The Morgan fingerprint density at radius 2 is 1.54 bits per heavy atom. The summed E-state index contributed by atoms with van der Waals surface area (Å²) in [4.78, 5) is 36.2. The zero-order valence-corrected chi connectivity index (χ0v) is 20.4. The van der Waals surface area contributed by atoms with Crippen LogP contribution in [0.25, 0.3) is 0 Å². The molecule has 0 saturated carbocycles. The number of hydrogen-bond acceptors (Lipinski definition) is 5. The van der Waals surface area contributed by atoms with Crippen molar-refractivity contribution in [1.29, 1.82) is 0 Å². The molecule has 0 aromatic heterocycles. The number of carbonyl (C=O) groups excluding carboxylic acids is 3. The fourth-order valence-electron chi connectivity index (χ4n) is 2.98. The molecule has 3 amide bonds. The third kappa shape index (κ3) is 7.30. The van der Waals surface area contributed by atoms with E-state index in [1.807, 2.05) is 32.0 Å². The van der Waals surface area contributed by atoms with Crippen LogP contribution in [0.3, 0.4) is 0 Å². The number of carbonyl (C=O) groups is 3. The number of para-hydroxylation sites is 1. The summed E-state index contributed by atoms with van der Waals surface area (Å²) < 4.78 is 5.52. The number of rotatable bonds is 7. The summed E-state index contributed by atoms with van der Waals surface area (Å²) in [5.41, 5.74) is 5.70. The van der Waals surface area contributed by atoms with E-state index in [9.17, 15) is 14.4 Å². The van der Waals surface area contributed by atoms with Crippen LogP contribution in [0.15, 0.2) is 65.8 Å². The zero-order chi connectivity index (χ0) is 25.4. The van der Waals surface area contributed by atoms with Gasteiger partial charge in [0.25, 0.3) is 5.91 Å². The zero-order valence-electron chi connectivity index (χ0n) is 18.9. The number of ether oxygens (including phenoxy) is 1. The maximum Gasteiger partial charge on any atom is 0.329 e. The Morgan fingerprint density at radius 3 is 2.23 bits per heavy atom. The molecule has 0 spiro atoms. The highest BCUT2D eigenvalue weighted by atomic mass is 35.5. The highest BCUT2D eigenvalue weighted by Crippen LogP contribution is 2.29. The van der Waals surface area contributed by atoms with E-state index in [0.717, 1.165) is 16.8 Å². The van der Waals surface area contributed by atoms with Crippen molar-refractivity contribution in [2.75, 3.05) is 17.2 Å². The standard InChI is InChI=1S/C25H22Cl2N4O4/c1-15-5-3-6-16(2)23(15)30-21(32)14-35-18-11-9-17(10-12-18)13-28-31-25(34)24(33)29-20-8-4-7-19(26)22(20)27/h3-13H,14H2,1-2H3,(H,29,33)(H,30,32)(H,31,34)/b28-13-. The first-order chi connectivity index (χ1) is 16.7. The average molecular weight is 513 g/mol. The van der Waals surface area contributed by atoms with Crippen LogP contribution in [0, 0.1) is 13.8 Å². The van der Waals surface area contributed by atoms with Crippen LogP contribution in [0.4, 0.5) is 11.4 Å². The van der Waals surface area contributed by atoms with E-state index >= 15 is 0 Å². The van der Waals surface area contributed by atoms with E-state index in [-0.39, 0.29) is 28.2 Å². The summed E-state index contributed by atoms with van der Waals surface area (Å²) in [5, 5.41) is 9.36. The molecule has 0 aliphatic heterocycles. The lowest BCUT2D eigenvalue weighted by Gasteiger charge is -2.12. The van der Waals surface area contributed by atoms with Crippen LogP contribution in [0.2, 0.25) is 10.0 Å². The molecule has 180 valence electrons. The highest BCUT2D eigenvalue weighted by molar-refractivity contribution is 6.45. The van der Waals surface area contributed by atoms with Gasteiger partial charge in [-0.3, -0.25) is 14.4 Å². The van der Waals surface area contributed by atoms with Crippen molar-refractivity contribution in [3.63, 3.8) is 0 Å². The fraction of sp³-hybridized carbons (Fsp3) is 0.120. The quantitative estimate of drug-likeness (QED) is 0.241. The number of benzene rings is 3.